The van der Waals surface area contributed by atoms with Gasteiger partial charge in [0.1, 0.15) is 4.88 Å². The Morgan fingerprint density at radius 1 is 1.35 bits per heavy atom. The molecule has 1 heterocycles. The number of amides is 1. The van der Waals surface area contributed by atoms with Gasteiger partial charge in [0, 0.05) is 10.6 Å². The van der Waals surface area contributed by atoms with E-state index in [0.717, 1.165) is 11.3 Å². The van der Waals surface area contributed by atoms with Crippen molar-refractivity contribution in [3.8, 4) is 0 Å². The first kappa shape index (κ1) is 14.5. The van der Waals surface area contributed by atoms with E-state index in [9.17, 15) is 9.59 Å². The van der Waals surface area contributed by atoms with E-state index in [1.54, 1.807) is 24.3 Å². The van der Waals surface area contributed by atoms with Crippen LogP contribution in [0.3, 0.4) is 0 Å². The summed E-state index contributed by atoms with van der Waals surface area (Å²) in [5.41, 5.74) is 0.897. The molecular formula is C13H11ClN2O3S. The topological polar surface area (TPSA) is 79.3 Å². The molecular weight excluding hydrogens is 300 g/mol. The molecule has 0 radical (unpaired) electrons. The number of hydrogen-bond donors (Lipinski definition) is 2. The highest BCUT2D eigenvalue weighted by Crippen LogP contribution is 2.24. The van der Waals surface area contributed by atoms with Gasteiger partial charge >= 0.3 is 5.97 Å². The third-order valence-electron chi connectivity index (χ3n) is 2.55. The predicted molar refractivity (Wildman–Crippen MR) is 77.9 cm³/mol. The maximum atomic E-state index is 12.0. The minimum absolute atomic E-state index is 0.152. The van der Waals surface area contributed by atoms with Crippen LogP contribution in [-0.2, 0) is 6.42 Å². The normalized spacial score (nSPS) is 10.3. The van der Waals surface area contributed by atoms with E-state index in [1.165, 1.54) is 0 Å². The number of aromatic carboxylic acids is 1. The summed E-state index contributed by atoms with van der Waals surface area (Å²) in [7, 11) is 0. The summed E-state index contributed by atoms with van der Waals surface area (Å²) in [6.07, 6.45) is 0.495. The minimum atomic E-state index is -1.04. The summed E-state index contributed by atoms with van der Waals surface area (Å²) >= 11 is 6.70. The number of carboxylic acid groups (broad SMARTS) is 1. The molecule has 0 spiro atoms. The molecule has 2 N–H and O–H groups in total. The van der Waals surface area contributed by atoms with Gasteiger partial charge in [0.25, 0.3) is 5.91 Å². The van der Waals surface area contributed by atoms with Crippen molar-refractivity contribution in [2.75, 3.05) is 5.32 Å². The average molecular weight is 311 g/mol. The molecule has 104 valence electrons. The Bertz CT molecular complexity index is 652. The van der Waals surface area contributed by atoms with E-state index in [0.29, 0.717) is 22.7 Å². The van der Waals surface area contributed by atoms with Crippen LogP contribution < -0.4 is 5.32 Å². The first-order chi connectivity index (χ1) is 9.51. The monoisotopic (exact) mass is 310 g/mol. The molecule has 2 aromatic rings. The zero-order chi connectivity index (χ0) is 14.7. The molecule has 2 rings (SSSR count). The van der Waals surface area contributed by atoms with Crippen LogP contribution in [0.4, 0.5) is 5.13 Å². The van der Waals surface area contributed by atoms with Gasteiger partial charge in [-0.1, -0.05) is 29.9 Å². The maximum Gasteiger partial charge on any atom is 0.347 e. The third-order valence-corrected chi connectivity index (χ3v) is 3.81. The molecule has 0 bridgehead atoms. The SMILES string of the molecule is CCc1nc(NC(=O)c2ccc(Cl)cc2)sc1C(=O)O. The number of nitrogens with one attached hydrogen (secondary N) is 1. The van der Waals surface area contributed by atoms with Crippen molar-refractivity contribution in [3.63, 3.8) is 0 Å². The van der Waals surface area contributed by atoms with Gasteiger partial charge < -0.3 is 5.11 Å². The summed E-state index contributed by atoms with van der Waals surface area (Å²) in [6.45, 7) is 1.81. The number of benzene rings is 1. The van der Waals surface area contributed by atoms with Crippen LogP contribution in [0.5, 0.6) is 0 Å². The van der Waals surface area contributed by atoms with Crippen LogP contribution in [0.1, 0.15) is 32.6 Å². The van der Waals surface area contributed by atoms with E-state index in [1.807, 2.05) is 6.92 Å². The van der Waals surface area contributed by atoms with Gasteiger partial charge in [-0.05, 0) is 30.7 Å². The quantitative estimate of drug-likeness (QED) is 0.908. The summed E-state index contributed by atoms with van der Waals surface area (Å²) in [5.74, 6) is -1.39. The summed E-state index contributed by atoms with van der Waals surface area (Å²) in [6, 6.07) is 6.39. The summed E-state index contributed by atoms with van der Waals surface area (Å²) in [4.78, 5) is 27.3. The molecule has 0 fully saturated rings. The number of nitrogens with zero attached hydrogens (tertiary/aromatic N) is 1. The molecule has 0 unspecified atom stereocenters. The van der Waals surface area contributed by atoms with Gasteiger partial charge in [-0.2, -0.15) is 0 Å². The Morgan fingerprint density at radius 2 is 2.00 bits per heavy atom. The van der Waals surface area contributed by atoms with Crippen LogP contribution in [0.25, 0.3) is 0 Å². The molecule has 0 saturated heterocycles. The van der Waals surface area contributed by atoms with Crippen LogP contribution in [-0.4, -0.2) is 22.0 Å². The first-order valence-corrected chi connectivity index (χ1v) is 7.00. The van der Waals surface area contributed by atoms with Crippen molar-refractivity contribution in [1.29, 1.82) is 0 Å². The fourth-order valence-corrected chi connectivity index (χ4v) is 2.60. The average Bonchev–Trinajstić information content (AvgIpc) is 2.82. The van der Waals surface area contributed by atoms with Gasteiger partial charge in [-0.25, -0.2) is 9.78 Å². The van der Waals surface area contributed by atoms with E-state index < -0.39 is 5.97 Å². The highest BCUT2D eigenvalue weighted by molar-refractivity contribution is 7.17. The van der Waals surface area contributed by atoms with Crippen molar-refractivity contribution in [2.24, 2.45) is 0 Å². The van der Waals surface area contributed by atoms with Gasteiger partial charge in [-0.15, -0.1) is 0 Å². The Morgan fingerprint density at radius 3 is 2.50 bits per heavy atom. The molecule has 1 amide bonds. The number of hydrogen-bond acceptors (Lipinski definition) is 4. The molecule has 1 aromatic carbocycles. The van der Waals surface area contributed by atoms with Crippen molar-refractivity contribution in [1.82, 2.24) is 4.98 Å². The smallest absolute Gasteiger partial charge is 0.347 e. The standard InChI is InChI=1S/C13H11ClN2O3S/c1-2-9-10(12(18)19)20-13(15-9)16-11(17)7-3-5-8(14)6-4-7/h3-6H,2H2,1H3,(H,18,19)(H,15,16,17). The molecule has 7 heteroatoms. The second-order valence-corrected chi connectivity index (χ2v) is 5.35. The van der Waals surface area contributed by atoms with Crippen molar-refractivity contribution in [3.05, 3.63) is 45.4 Å². The number of halogens is 1. The van der Waals surface area contributed by atoms with Gasteiger partial charge in [0.15, 0.2) is 5.13 Å². The van der Waals surface area contributed by atoms with Gasteiger partial charge in [-0.3, -0.25) is 10.1 Å². The zero-order valence-electron chi connectivity index (χ0n) is 10.5. The molecule has 20 heavy (non-hydrogen) atoms. The number of aryl methyl sites for hydroxylation is 1. The van der Waals surface area contributed by atoms with E-state index in [4.69, 9.17) is 16.7 Å². The Kier molecular flexibility index (Phi) is 4.36. The molecule has 5 nitrogen and oxygen atoms in total. The lowest BCUT2D eigenvalue weighted by Crippen LogP contribution is -2.11. The molecule has 1 aromatic heterocycles. The predicted octanol–water partition coefficient (Wildman–Crippen LogP) is 3.31. The lowest BCUT2D eigenvalue weighted by molar-refractivity contribution is 0.0700. The van der Waals surface area contributed by atoms with Gasteiger partial charge in [0.2, 0.25) is 0 Å². The van der Waals surface area contributed by atoms with Crippen LogP contribution >= 0.6 is 22.9 Å². The lowest BCUT2D eigenvalue weighted by atomic mass is 10.2. The van der Waals surface area contributed by atoms with Crippen molar-refractivity contribution < 1.29 is 14.7 Å². The number of carbonyl (C=O) groups excluding carboxylic acids is 1. The highest BCUT2D eigenvalue weighted by atomic mass is 35.5. The van der Waals surface area contributed by atoms with E-state index in [2.05, 4.69) is 10.3 Å². The zero-order valence-corrected chi connectivity index (χ0v) is 12.1. The van der Waals surface area contributed by atoms with Crippen molar-refractivity contribution >= 4 is 39.9 Å². The van der Waals surface area contributed by atoms with Crippen molar-refractivity contribution in [2.45, 2.75) is 13.3 Å². The number of carbonyl (C=O) groups is 2. The second kappa shape index (κ2) is 6.02. The third kappa shape index (κ3) is 3.15. The number of carboxylic acids is 1. The minimum Gasteiger partial charge on any atom is -0.477 e. The number of anilines is 1. The fourth-order valence-electron chi connectivity index (χ4n) is 1.58. The Hall–Kier alpha value is -1.92. The maximum absolute atomic E-state index is 12.0. The molecule has 0 aliphatic heterocycles. The number of thiazole rings is 1. The number of rotatable bonds is 4. The molecule has 0 atom stereocenters. The molecule has 0 aliphatic rings. The van der Waals surface area contributed by atoms with Gasteiger partial charge in [0.05, 0.1) is 5.69 Å². The van der Waals surface area contributed by atoms with Crippen LogP contribution in [0, 0.1) is 0 Å². The van der Waals surface area contributed by atoms with Crippen LogP contribution in [0.2, 0.25) is 5.02 Å². The molecule has 0 aliphatic carbocycles. The highest BCUT2D eigenvalue weighted by Gasteiger charge is 2.17. The first-order valence-electron chi connectivity index (χ1n) is 5.81. The number of aromatic nitrogens is 1. The van der Waals surface area contributed by atoms with E-state index >= 15 is 0 Å². The second-order valence-electron chi connectivity index (χ2n) is 3.91. The summed E-state index contributed by atoms with van der Waals surface area (Å²) in [5, 5.41) is 12.4. The van der Waals surface area contributed by atoms with E-state index in [-0.39, 0.29) is 15.9 Å². The largest absolute Gasteiger partial charge is 0.477 e. The van der Waals surface area contributed by atoms with Crippen LogP contribution in [0.15, 0.2) is 24.3 Å². The Balaban J connectivity index is 2.19. The molecule has 0 saturated carbocycles. The fraction of sp³-hybridized carbons (Fsp3) is 0.154. The lowest BCUT2D eigenvalue weighted by Gasteiger charge is -2.01. The summed E-state index contributed by atoms with van der Waals surface area (Å²) < 4.78 is 0. The Labute approximate surface area is 124 Å².